The van der Waals surface area contributed by atoms with Crippen molar-refractivity contribution in [3.8, 4) is 5.75 Å². The van der Waals surface area contributed by atoms with Gasteiger partial charge < -0.3 is 10.1 Å². The first-order valence-corrected chi connectivity index (χ1v) is 10.1. The number of fused-ring (bicyclic) bond motifs is 1. The number of alkyl halides is 3. The summed E-state index contributed by atoms with van der Waals surface area (Å²) in [5.74, 6) is -0.387. The van der Waals surface area contributed by atoms with Crippen LogP contribution in [0.15, 0.2) is 47.4 Å². The molecule has 31 heavy (non-hydrogen) atoms. The molecular weight excluding hydrogens is 453 g/mol. The highest BCUT2D eigenvalue weighted by atomic mass is 32.2. The van der Waals surface area contributed by atoms with Gasteiger partial charge in [0, 0.05) is 0 Å². The van der Waals surface area contributed by atoms with Crippen molar-refractivity contribution in [2.45, 2.75) is 12.8 Å². The van der Waals surface area contributed by atoms with Crippen molar-refractivity contribution in [1.29, 1.82) is 0 Å². The summed E-state index contributed by atoms with van der Waals surface area (Å²) in [6.45, 7) is -0.367. The third-order valence-corrected chi connectivity index (χ3v) is 5.52. The van der Waals surface area contributed by atoms with E-state index in [2.05, 4.69) is 5.32 Å². The Labute approximate surface area is 183 Å². The van der Waals surface area contributed by atoms with Crippen molar-refractivity contribution in [3.05, 3.63) is 64.1 Å². The second kappa shape index (κ2) is 8.33. The van der Waals surface area contributed by atoms with Gasteiger partial charge in [-0.05, 0) is 41.5 Å². The first-order valence-electron chi connectivity index (χ1n) is 8.84. The fraction of sp³-hybridized carbons (Fsp3) is 0.150. The molecule has 1 N–H and O–H groups in total. The van der Waals surface area contributed by atoms with Crippen LogP contribution in [0.5, 0.6) is 5.75 Å². The summed E-state index contributed by atoms with van der Waals surface area (Å²) in [6.07, 6.45) is -2.81. The minimum atomic E-state index is -4.43. The Bertz CT molecular complexity index is 1100. The highest BCUT2D eigenvalue weighted by Crippen LogP contribution is 2.35. The summed E-state index contributed by atoms with van der Waals surface area (Å²) < 4.78 is 43.9. The fourth-order valence-corrected chi connectivity index (χ4v) is 3.92. The van der Waals surface area contributed by atoms with Crippen LogP contribution in [0.25, 0.3) is 6.08 Å². The number of thiocarbonyl (C=S) groups is 1. The van der Waals surface area contributed by atoms with Gasteiger partial charge in [-0.3, -0.25) is 14.4 Å². The van der Waals surface area contributed by atoms with Crippen molar-refractivity contribution < 1.29 is 32.3 Å². The van der Waals surface area contributed by atoms with E-state index in [1.807, 2.05) is 0 Å². The molecule has 0 aromatic heterocycles. The predicted molar refractivity (Wildman–Crippen MR) is 112 cm³/mol. The minimum Gasteiger partial charge on any atom is -0.481 e. The molecule has 0 spiro atoms. The lowest BCUT2D eigenvalue weighted by atomic mass is 10.1. The second-order valence-electron chi connectivity index (χ2n) is 6.52. The van der Waals surface area contributed by atoms with Gasteiger partial charge in [0.2, 0.25) is 0 Å². The minimum absolute atomic E-state index is 0.124. The monoisotopic (exact) mass is 466 g/mol. The zero-order valence-corrected chi connectivity index (χ0v) is 17.2. The van der Waals surface area contributed by atoms with Crippen LogP contribution in [0.2, 0.25) is 0 Å². The van der Waals surface area contributed by atoms with E-state index in [-0.39, 0.29) is 19.1 Å². The van der Waals surface area contributed by atoms with Gasteiger partial charge in [0.1, 0.15) is 22.4 Å². The van der Waals surface area contributed by atoms with Gasteiger partial charge >= 0.3 is 6.18 Å². The van der Waals surface area contributed by atoms with Crippen LogP contribution in [0.4, 0.5) is 18.9 Å². The normalized spacial score (nSPS) is 17.6. The average molecular weight is 466 g/mol. The lowest BCUT2D eigenvalue weighted by molar-refractivity contribution is -0.137. The van der Waals surface area contributed by atoms with E-state index < -0.39 is 17.6 Å². The number of carbonyl (C=O) groups excluding carboxylic acids is 2. The molecule has 2 aromatic carbocycles. The summed E-state index contributed by atoms with van der Waals surface area (Å²) in [4.78, 5) is 30.2. The number of nitrogens with zero attached hydrogens (tertiary/aromatic N) is 1. The maximum Gasteiger partial charge on any atom is 0.416 e. The van der Waals surface area contributed by atoms with Crippen LogP contribution in [0, 0.1) is 0 Å². The number of ether oxygens (including phenoxy) is 1. The molecule has 1 fully saturated rings. The summed E-state index contributed by atoms with van der Waals surface area (Å²) >= 11 is 6.09. The van der Waals surface area contributed by atoms with Gasteiger partial charge in [-0.1, -0.05) is 42.2 Å². The molecule has 11 heteroatoms. The number of amides is 2. The molecule has 160 valence electrons. The number of carbonyl (C=O) groups is 2. The molecule has 0 aliphatic carbocycles. The standard InChI is InChI=1S/C20H13F3N2O4S2/c21-20(22,23)13-4-1-11(2-5-13)9-29-25-14-7-12(3-6-15(14)28-10-17(25)26)8-16-18(27)24-19(30)31-16/h1-8H,9-10H2,(H,24,27,30). The van der Waals surface area contributed by atoms with E-state index >= 15 is 0 Å². The van der Waals surface area contributed by atoms with Crippen molar-refractivity contribution >= 4 is 51.9 Å². The molecule has 6 nitrogen and oxygen atoms in total. The Hall–Kier alpha value is -2.89. The molecule has 0 radical (unpaired) electrons. The Kier molecular flexibility index (Phi) is 5.73. The number of rotatable bonds is 4. The second-order valence-corrected chi connectivity index (χ2v) is 8.24. The SMILES string of the molecule is O=C1NC(=S)SC1=Cc1ccc2c(c1)N(OCc1ccc(C(F)(F)F)cc1)C(=O)CO2. The molecule has 2 amide bonds. The van der Waals surface area contributed by atoms with E-state index in [0.29, 0.717) is 31.8 Å². The van der Waals surface area contributed by atoms with Gasteiger partial charge in [0.15, 0.2) is 6.61 Å². The number of anilines is 1. The van der Waals surface area contributed by atoms with E-state index in [4.69, 9.17) is 21.8 Å². The highest BCUT2D eigenvalue weighted by Gasteiger charge is 2.30. The molecule has 2 heterocycles. The summed E-state index contributed by atoms with van der Waals surface area (Å²) in [5.41, 5.74) is 0.626. The number of halogens is 3. The van der Waals surface area contributed by atoms with Crippen molar-refractivity contribution in [1.82, 2.24) is 5.32 Å². The lowest BCUT2D eigenvalue weighted by Crippen LogP contribution is -2.38. The van der Waals surface area contributed by atoms with Crippen molar-refractivity contribution in [3.63, 3.8) is 0 Å². The third kappa shape index (κ3) is 4.73. The van der Waals surface area contributed by atoms with E-state index in [9.17, 15) is 22.8 Å². The first-order chi connectivity index (χ1) is 14.7. The van der Waals surface area contributed by atoms with Crippen molar-refractivity contribution in [2.24, 2.45) is 0 Å². The zero-order chi connectivity index (χ0) is 22.2. The van der Waals surface area contributed by atoms with Gasteiger partial charge in [-0.15, -0.1) is 0 Å². The molecule has 2 aromatic rings. The van der Waals surface area contributed by atoms with Crippen LogP contribution in [-0.2, 0) is 27.2 Å². The van der Waals surface area contributed by atoms with Gasteiger partial charge in [0.05, 0.1) is 10.5 Å². The Morgan fingerprint density at radius 1 is 1.19 bits per heavy atom. The van der Waals surface area contributed by atoms with Gasteiger partial charge in [0.25, 0.3) is 11.8 Å². The van der Waals surface area contributed by atoms with Crippen LogP contribution >= 0.6 is 24.0 Å². The summed E-state index contributed by atoms with van der Waals surface area (Å²) in [5, 5.41) is 3.57. The van der Waals surface area contributed by atoms with E-state index in [1.165, 1.54) is 12.1 Å². The fourth-order valence-electron chi connectivity index (χ4n) is 2.88. The maximum atomic E-state index is 12.7. The summed E-state index contributed by atoms with van der Waals surface area (Å²) in [6, 6.07) is 9.44. The Morgan fingerprint density at radius 3 is 2.58 bits per heavy atom. The van der Waals surface area contributed by atoms with Crippen molar-refractivity contribution in [2.75, 3.05) is 11.7 Å². The van der Waals surface area contributed by atoms with E-state index in [1.54, 1.807) is 24.3 Å². The first kappa shape index (κ1) is 21.3. The highest BCUT2D eigenvalue weighted by molar-refractivity contribution is 8.26. The maximum absolute atomic E-state index is 12.7. The topological polar surface area (TPSA) is 67.9 Å². The van der Waals surface area contributed by atoms with E-state index in [0.717, 1.165) is 29.0 Å². The molecule has 0 unspecified atom stereocenters. The lowest BCUT2D eigenvalue weighted by Gasteiger charge is -2.28. The molecule has 0 atom stereocenters. The largest absolute Gasteiger partial charge is 0.481 e. The van der Waals surface area contributed by atoms with Crippen LogP contribution in [0.3, 0.4) is 0 Å². The average Bonchev–Trinajstić information content (AvgIpc) is 3.03. The van der Waals surface area contributed by atoms with Gasteiger partial charge in [-0.25, -0.2) is 0 Å². The number of hydrogen-bond acceptors (Lipinski definition) is 6. The number of hydrogen-bond donors (Lipinski definition) is 1. The zero-order valence-electron chi connectivity index (χ0n) is 15.6. The molecular formula is C20H13F3N2O4S2. The smallest absolute Gasteiger partial charge is 0.416 e. The van der Waals surface area contributed by atoms with Gasteiger partial charge in [-0.2, -0.15) is 18.2 Å². The number of hydroxylamine groups is 1. The van der Waals surface area contributed by atoms with Crippen LogP contribution < -0.4 is 15.1 Å². The third-order valence-electron chi connectivity index (χ3n) is 4.36. The molecule has 1 saturated heterocycles. The predicted octanol–water partition coefficient (Wildman–Crippen LogP) is 4.05. The Balaban J connectivity index is 1.54. The number of thioether (sulfide) groups is 1. The molecule has 2 aliphatic rings. The number of benzene rings is 2. The van der Waals surface area contributed by atoms with Crippen LogP contribution in [0.1, 0.15) is 16.7 Å². The quantitative estimate of drug-likeness (QED) is 0.542. The molecule has 2 aliphatic heterocycles. The van der Waals surface area contributed by atoms with Crippen LogP contribution in [-0.4, -0.2) is 22.7 Å². The Morgan fingerprint density at radius 2 is 1.94 bits per heavy atom. The molecule has 4 rings (SSSR count). The molecule has 0 bridgehead atoms. The number of nitrogens with one attached hydrogen (secondary N) is 1. The molecule has 0 saturated carbocycles. The summed E-state index contributed by atoms with van der Waals surface area (Å²) in [7, 11) is 0.